The van der Waals surface area contributed by atoms with E-state index in [-0.39, 0.29) is 24.6 Å². The Hall–Kier alpha value is -0.610. The minimum atomic E-state index is -0.192. The fraction of sp³-hybridized carbons (Fsp3) is 0.917. The topological polar surface area (TPSA) is 61.4 Å². The molecular weight excluding hydrogens is 204 g/mol. The summed E-state index contributed by atoms with van der Waals surface area (Å²) < 4.78 is 0. The van der Waals surface area contributed by atoms with Crippen molar-refractivity contribution >= 4 is 5.91 Å². The number of carbonyl (C=O) groups is 1. The summed E-state index contributed by atoms with van der Waals surface area (Å²) in [5.41, 5.74) is 0. The average molecular weight is 230 g/mol. The quantitative estimate of drug-likeness (QED) is 0.519. The van der Waals surface area contributed by atoms with Crippen molar-refractivity contribution in [2.45, 2.75) is 58.5 Å². The van der Waals surface area contributed by atoms with Crippen LogP contribution < -0.4 is 10.6 Å². The molecule has 0 saturated carbocycles. The molecule has 16 heavy (non-hydrogen) atoms. The monoisotopic (exact) mass is 230 g/mol. The molecule has 0 spiro atoms. The molecule has 0 saturated heterocycles. The van der Waals surface area contributed by atoms with Crippen LogP contribution in [0.2, 0.25) is 0 Å². The van der Waals surface area contributed by atoms with E-state index in [1.54, 1.807) is 0 Å². The minimum absolute atomic E-state index is 0.0425. The lowest BCUT2D eigenvalue weighted by Crippen LogP contribution is -2.46. The molecule has 3 N–H and O–H groups in total. The zero-order valence-corrected chi connectivity index (χ0v) is 10.8. The van der Waals surface area contributed by atoms with Crippen molar-refractivity contribution in [2.24, 2.45) is 0 Å². The molecule has 4 nitrogen and oxygen atoms in total. The van der Waals surface area contributed by atoms with Crippen LogP contribution in [-0.2, 0) is 4.79 Å². The number of aliphatic hydroxyl groups is 1. The van der Waals surface area contributed by atoms with E-state index in [4.69, 9.17) is 5.11 Å². The molecule has 0 aliphatic rings. The number of carbonyl (C=O) groups excluding carboxylic acids is 1. The Morgan fingerprint density at radius 2 is 2.00 bits per heavy atom. The summed E-state index contributed by atoms with van der Waals surface area (Å²) in [7, 11) is 0. The van der Waals surface area contributed by atoms with Crippen LogP contribution in [0.3, 0.4) is 0 Å². The summed E-state index contributed by atoms with van der Waals surface area (Å²) in [5.74, 6) is 0.0425. The number of unbranched alkanes of at least 4 members (excludes halogenated alkanes) is 2. The van der Waals surface area contributed by atoms with Crippen molar-refractivity contribution in [3.8, 4) is 0 Å². The summed E-state index contributed by atoms with van der Waals surface area (Å²) >= 11 is 0. The standard InChI is InChI=1S/C12H26N2O2/c1-4-5-6-8-13-12(16)11(3)14-10(2)7-9-15/h10-11,14-15H,4-9H2,1-3H3,(H,13,16). The predicted octanol–water partition coefficient (Wildman–Crippen LogP) is 1.04. The van der Waals surface area contributed by atoms with Gasteiger partial charge in [0.25, 0.3) is 0 Å². The van der Waals surface area contributed by atoms with Gasteiger partial charge in [-0.25, -0.2) is 0 Å². The zero-order chi connectivity index (χ0) is 12.4. The number of hydrogen-bond acceptors (Lipinski definition) is 3. The Balaban J connectivity index is 3.64. The summed E-state index contributed by atoms with van der Waals surface area (Å²) in [6, 6.07) is -0.0235. The van der Waals surface area contributed by atoms with E-state index in [2.05, 4.69) is 17.6 Å². The molecule has 0 aromatic carbocycles. The molecule has 4 heteroatoms. The Kier molecular flexibility index (Phi) is 9.24. The van der Waals surface area contributed by atoms with Crippen LogP contribution in [0, 0.1) is 0 Å². The molecule has 2 atom stereocenters. The number of aliphatic hydroxyl groups excluding tert-OH is 1. The lowest BCUT2D eigenvalue weighted by atomic mass is 10.2. The molecule has 0 aromatic rings. The van der Waals surface area contributed by atoms with Gasteiger partial charge in [0.15, 0.2) is 0 Å². The third-order valence-electron chi connectivity index (χ3n) is 2.57. The molecule has 2 unspecified atom stereocenters. The fourth-order valence-corrected chi connectivity index (χ4v) is 1.52. The van der Waals surface area contributed by atoms with E-state index in [1.807, 2.05) is 13.8 Å². The van der Waals surface area contributed by atoms with Crippen molar-refractivity contribution in [1.82, 2.24) is 10.6 Å². The van der Waals surface area contributed by atoms with Gasteiger partial charge in [0, 0.05) is 19.2 Å². The molecule has 0 radical (unpaired) electrons. The first-order valence-electron chi connectivity index (χ1n) is 6.26. The van der Waals surface area contributed by atoms with Crippen molar-refractivity contribution in [3.05, 3.63) is 0 Å². The third-order valence-corrected chi connectivity index (χ3v) is 2.57. The first kappa shape index (κ1) is 15.4. The fourth-order valence-electron chi connectivity index (χ4n) is 1.52. The molecular formula is C12H26N2O2. The van der Waals surface area contributed by atoms with Gasteiger partial charge in [-0.2, -0.15) is 0 Å². The van der Waals surface area contributed by atoms with E-state index < -0.39 is 0 Å². The summed E-state index contributed by atoms with van der Waals surface area (Å²) in [6.07, 6.45) is 4.04. The second-order valence-electron chi connectivity index (χ2n) is 4.30. The van der Waals surface area contributed by atoms with Gasteiger partial charge < -0.3 is 15.7 Å². The highest BCUT2D eigenvalue weighted by Crippen LogP contribution is 1.94. The normalized spacial score (nSPS) is 14.5. The summed E-state index contributed by atoms with van der Waals surface area (Å²) in [5, 5.41) is 14.8. The van der Waals surface area contributed by atoms with Crippen LogP contribution in [0.5, 0.6) is 0 Å². The van der Waals surface area contributed by atoms with Gasteiger partial charge in [-0.15, -0.1) is 0 Å². The largest absolute Gasteiger partial charge is 0.396 e. The van der Waals surface area contributed by atoms with Crippen LogP contribution in [0.25, 0.3) is 0 Å². The first-order valence-corrected chi connectivity index (χ1v) is 6.26. The van der Waals surface area contributed by atoms with Gasteiger partial charge >= 0.3 is 0 Å². The zero-order valence-electron chi connectivity index (χ0n) is 10.8. The Bertz CT molecular complexity index is 186. The highest BCUT2D eigenvalue weighted by Gasteiger charge is 2.13. The maximum atomic E-state index is 11.6. The van der Waals surface area contributed by atoms with Gasteiger partial charge in [0.05, 0.1) is 6.04 Å². The maximum absolute atomic E-state index is 11.6. The van der Waals surface area contributed by atoms with Crippen LogP contribution in [0.1, 0.15) is 46.5 Å². The Morgan fingerprint density at radius 3 is 2.56 bits per heavy atom. The van der Waals surface area contributed by atoms with Gasteiger partial charge in [-0.05, 0) is 26.7 Å². The molecule has 0 aromatic heterocycles. The average Bonchev–Trinajstić information content (AvgIpc) is 2.24. The molecule has 0 fully saturated rings. The Morgan fingerprint density at radius 1 is 1.31 bits per heavy atom. The van der Waals surface area contributed by atoms with Gasteiger partial charge in [0.1, 0.15) is 0 Å². The molecule has 0 heterocycles. The van der Waals surface area contributed by atoms with E-state index in [0.717, 1.165) is 25.8 Å². The number of rotatable bonds is 9. The Labute approximate surface area is 98.8 Å². The van der Waals surface area contributed by atoms with Crippen LogP contribution in [0.4, 0.5) is 0 Å². The van der Waals surface area contributed by atoms with Gasteiger partial charge in [-0.3, -0.25) is 4.79 Å². The minimum Gasteiger partial charge on any atom is -0.396 e. The number of nitrogens with one attached hydrogen (secondary N) is 2. The smallest absolute Gasteiger partial charge is 0.236 e. The molecule has 0 aliphatic carbocycles. The second kappa shape index (κ2) is 9.60. The molecule has 1 amide bonds. The SMILES string of the molecule is CCCCCNC(=O)C(C)NC(C)CCO. The van der Waals surface area contributed by atoms with Gasteiger partial charge in [-0.1, -0.05) is 19.8 Å². The van der Waals surface area contributed by atoms with Crippen LogP contribution in [-0.4, -0.2) is 36.2 Å². The van der Waals surface area contributed by atoms with E-state index >= 15 is 0 Å². The molecule has 96 valence electrons. The number of hydrogen-bond donors (Lipinski definition) is 3. The maximum Gasteiger partial charge on any atom is 0.236 e. The van der Waals surface area contributed by atoms with Crippen molar-refractivity contribution in [2.75, 3.05) is 13.2 Å². The van der Waals surface area contributed by atoms with Gasteiger partial charge in [0.2, 0.25) is 5.91 Å². The number of amides is 1. The predicted molar refractivity (Wildman–Crippen MR) is 66.3 cm³/mol. The highest BCUT2D eigenvalue weighted by molar-refractivity contribution is 5.81. The van der Waals surface area contributed by atoms with E-state index in [0.29, 0.717) is 6.42 Å². The summed E-state index contributed by atoms with van der Waals surface area (Å²) in [6.45, 7) is 6.87. The molecule has 0 aliphatic heterocycles. The highest BCUT2D eigenvalue weighted by atomic mass is 16.3. The van der Waals surface area contributed by atoms with E-state index in [9.17, 15) is 4.79 Å². The third kappa shape index (κ3) is 7.65. The lowest BCUT2D eigenvalue weighted by molar-refractivity contribution is -0.122. The van der Waals surface area contributed by atoms with Crippen LogP contribution >= 0.6 is 0 Å². The summed E-state index contributed by atoms with van der Waals surface area (Å²) in [4.78, 5) is 11.6. The second-order valence-corrected chi connectivity index (χ2v) is 4.30. The van der Waals surface area contributed by atoms with Crippen molar-refractivity contribution < 1.29 is 9.90 Å². The van der Waals surface area contributed by atoms with E-state index in [1.165, 1.54) is 0 Å². The van der Waals surface area contributed by atoms with Crippen LogP contribution in [0.15, 0.2) is 0 Å². The molecule has 0 bridgehead atoms. The van der Waals surface area contributed by atoms with Crippen molar-refractivity contribution in [3.63, 3.8) is 0 Å². The first-order chi connectivity index (χ1) is 7.61. The molecule has 0 rings (SSSR count). The van der Waals surface area contributed by atoms with Crippen molar-refractivity contribution in [1.29, 1.82) is 0 Å². The lowest BCUT2D eigenvalue weighted by Gasteiger charge is -2.18.